The zero-order chi connectivity index (χ0) is 29.3. The first-order chi connectivity index (χ1) is 21.8. The monoisotopic (exact) mass is 581 g/mol. The Morgan fingerprint density at radius 2 is 1.09 bits per heavy atom. The molecule has 8 aromatic rings. The summed E-state index contributed by atoms with van der Waals surface area (Å²) in [6.07, 6.45) is 0. The molecule has 0 spiro atoms. The lowest BCUT2D eigenvalue weighted by Gasteiger charge is -2.26. The number of aromatic nitrogens is 2. The molecule has 0 aliphatic rings. The van der Waals surface area contributed by atoms with Crippen LogP contribution in [-0.4, -0.2) is 9.36 Å². The topological polar surface area (TPSA) is 29.0 Å². The summed E-state index contributed by atoms with van der Waals surface area (Å²) in [7, 11) is 0. The molecule has 0 N–H and O–H groups in total. The van der Waals surface area contributed by atoms with E-state index >= 15 is 0 Å². The van der Waals surface area contributed by atoms with Crippen LogP contribution in [0, 0.1) is 0 Å². The van der Waals surface area contributed by atoms with Gasteiger partial charge in [0.15, 0.2) is 5.82 Å². The number of fused-ring (bicyclic) bond motifs is 2. The molecule has 0 bridgehead atoms. The van der Waals surface area contributed by atoms with E-state index in [1.54, 1.807) is 0 Å². The molecule has 4 heteroatoms. The van der Waals surface area contributed by atoms with Gasteiger partial charge in [-0.15, -0.1) is 0 Å². The summed E-state index contributed by atoms with van der Waals surface area (Å²) < 4.78 is 4.81. The Balaban J connectivity index is 1.16. The predicted octanol–water partition coefficient (Wildman–Crippen LogP) is 11.3. The Labute approximate surface area is 260 Å². The van der Waals surface area contributed by atoms with E-state index in [1.165, 1.54) is 44.2 Å². The van der Waals surface area contributed by atoms with Gasteiger partial charge >= 0.3 is 0 Å². The normalized spacial score (nSPS) is 11.2. The zero-order valence-corrected chi connectivity index (χ0v) is 24.7. The number of anilines is 3. The van der Waals surface area contributed by atoms with E-state index in [2.05, 4.69) is 169 Å². The minimum Gasteiger partial charge on any atom is -0.310 e. The Kier molecular flexibility index (Phi) is 6.67. The predicted molar refractivity (Wildman–Crippen MR) is 186 cm³/mol. The van der Waals surface area contributed by atoms with Crippen LogP contribution >= 0.6 is 11.5 Å². The maximum Gasteiger partial charge on any atom is 0.173 e. The summed E-state index contributed by atoms with van der Waals surface area (Å²) in [5, 5.41) is 5.82. The second-order valence-electron chi connectivity index (χ2n) is 10.8. The van der Waals surface area contributed by atoms with E-state index in [9.17, 15) is 0 Å². The molecule has 0 saturated carbocycles. The number of para-hydroxylation sites is 1. The van der Waals surface area contributed by atoms with Crippen LogP contribution in [0.5, 0.6) is 0 Å². The first-order valence-electron chi connectivity index (χ1n) is 14.7. The van der Waals surface area contributed by atoms with Crippen LogP contribution < -0.4 is 4.90 Å². The van der Waals surface area contributed by atoms with Crippen LogP contribution in [-0.2, 0) is 0 Å². The maximum absolute atomic E-state index is 5.02. The van der Waals surface area contributed by atoms with Gasteiger partial charge in [-0.1, -0.05) is 121 Å². The molecule has 44 heavy (non-hydrogen) atoms. The van der Waals surface area contributed by atoms with Crippen molar-refractivity contribution >= 4 is 50.1 Å². The number of hydrogen-bond donors (Lipinski definition) is 0. The Morgan fingerprint density at radius 3 is 2.00 bits per heavy atom. The van der Waals surface area contributed by atoms with Crippen molar-refractivity contribution in [3.05, 3.63) is 164 Å². The van der Waals surface area contributed by atoms with Crippen molar-refractivity contribution in [2.24, 2.45) is 0 Å². The largest absolute Gasteiger partial charge is 0.310 e. The van der Waals surface area contributed by atoms with Crippen molar-refractivity contribution < 1.29 is 0 Å². The standard InChI is InChI=1S/C40H27N3S/c1-2-18-34(19-3-1)43(36-24-23-28-11-4-5-13-30(28)26-36)35-20-9-16-32(27-35)39-41-40(44-42-39)33-17-8-15-31(25-33)38-22-10-14-29-12-6-7-21-37(29)38/h1-27H. The highest BCUT2D eigenvalue weighted by atomic mass is 32.1. The molecule has 0 radical (unpaired) electrons. The van der Waals surface area contributed by atoms with Crippen LogP contribution in [0.1, 0.15) is 0 Å². The molecule has 3 nitrogen and oxygen atoms in total. The molecule has 0 saturated heterocycles. The average Bonchev–Trinajstić information content (AvgIpc) is 3.60. The third-order valence-electron chi connectivity index (χ3n) is 8.00. The molecule has 0 fully saturated rings. The number of benzene rings is 7. The molecule has 0 amide bonds. The maximum atomic E-state index is 5.02. The van der Waals surface area contributed by atoms with Crippen LogP contribution in [0.4, 0.5) is 17.1 Å². The molecule has 1 heterocycles. The third kappa shape index (κ3) is 4.91. The highest BCUT2D eigenvalue weighted by Crippen LogP contribution is 2.38. The molecular weight excluding hydrogens is 555 g/mol. The second kappa shape index (κ2) is 11.3. The molecule has 208 valence electrons. The quantitative estimate of drug-likeness (QED) is 0.196. The summed E-state index contributed by atoms with van der Waals surface area (Å²) in [6, 6.07) is 57.7. The number of hydrogen-bond acceptors (Lipinski definition) is 4. The van der Waals surface area contributed by atoms with Gasteiger partial charge in [0, 0.05) is 28.2 Å². The smallest absolute Gasteiger partial charge is 0.173 e. The highest BCUT2D eigenvalue weighted by molar-refractivity contribution is 7.09. The van der Waals surface area contributed by atoms with Gasteiger partial charge < -0.3 is 4.90 Å². The minimum atomic E-state index is 0.730. The van der Waals surface area contributed by atoms with Crippen molar-refractivity contribution in [2.45, 2.75) is 0 Å². The SMILES string of the molecule is c1ccc(N(c2cccc(-c3nsc(-c4cccc(-c5cccc6ccccc56)c4)n3)c2)c2ccc3ccccc3c2)cc1. The van der Waals surface area contributed by atoms with Gasteiger partial charge in [-0.2, -0.15) is 4.37 Å². The van der Waals surface area contributed by atoms with E-state index in [0.29, 0.717) is 0 Å². The number of nitrogens with zero attached hydrogens (tertiary/aromatic N) is 3. The van der Waals surface area contributed by atoms with Crippen LogP contribution in [0.15, 0.2) is 164 Å². The molecule has 0 aliphatic heterocycles. The van der Waals surface area contributed by atoms with Gasteiger partial charge in [0.25, 0.3) is 0 Å². The lowest BCUT2D eigenvalue weighted by atomic mass is 9.97. The van der Waals surface area contributed by atoms with E-state index in [0.717, 1.165) is 39.0 Å². The molecule has 1 aromatic heterocycles. The molecule has 8 rings (SSSR count). The van der Waals surface area contributed by atoms with Crippen molar-refractivity contribution in [1.29, 1.82) is 0 Å². The van der Waals surface area contributed by atoms with Crippen LogP contribution in [0.2, 0.25) is 0 Å². The summed E-state index contributed by atoms with van der Waals surface area (Å²) >= 11 is 1.44. The first-order valence-corrected chi connectivity index (χ1v) is 15.4. The second-order valence-corrected chi connectivity index (χ2v) is 11.5. The van der Waals surface area contributed by atoms with Crippen LogP contribution in [0.3, 0.4) is 0 Å². The Bertz CT molecular complexity index is 2250. The van der Waals surface area contributed by atoms with Crippen molar-refractivity contribution in [3.63, 3.8) is 0 Å². The van der Waals surface area contributed by atoms with E-state index in [1.807, 2.05) is 0 Å². The lowest BCUT2D eigenvalue weighted by Crippen LogP contribution is -2.09. The van der Waals surface area contributed by atoms with Gasteiger partial charge in [0.2, 0.25) is 0 Å². The Morgan fingerprint density at radius 1 is 0.432 bits per heavy atom. The minimum absolute atomic E-state index is 0.730. The fourth-order valence-electron chi connectivity index (χ4n) is 5.88. The van der Waals surface area contributed by atoms with E-state index in [4.69, 9.17) is 9.36 Å². The van der Waals surface area contributed by atoms with Crippen molar-refractivity contribution in [3.8, 4) is 33.1 Å². The zero-order valence-electron chi connectivity index (χ0n) is 23.8. The fourth-order valence-corrected chi connectivity index (χ4v) is 6.56. The molecule has 7 aromatic carbocycles. The van der Waals surface area contributed by atoms with Gasteiger partial charge in [0.1, 0.15) is 5.01 Å². The summed E-state index contributed by atoms with van der Waals surface area (Å²) in [5.74, 6) is 0.730. The fraction of sp³-hybridized carbons (Fsp3) is 0. The lowest BCUT2D eigenvalue weighted by molar-refractivity contribution is 1.27. The summed E-state index contributed by atoms with van der Waals surface area (Å²) in [6.45, 7) is 0. The average molecular weight is 582 g/mol. The van der Waals surface area contributed by atoms with Gasteiger partial charge in [0.05, 0.1) is 0 Å². The van der Waals surface area contributed by atoms with E-state index in [-0.39, 0.29) is 0 Å². The van der Waals surface area contributed by atoms with Gasteiger partial charge in [-0.25, -0.2) is 4.98 Å². The van der Waals surface area contributed by atoms with Crippen molar-refractivity contribution in [1.82, 2.24) is 9.36 Å². The van der Waals surface area contributed by atoms with E-state index < -0.39 is 0 Å². The summed E-state index contributed by atoms with van der Waals surface area (Å²) in [5.41, 5.74) is 7.69. The number of rotatable bonds is 6. The molecular formula is C40H27N3S. The highest BCUT2D eigenvalue weighted by Gasteiger charge is 2.16. The third-order valence-corrected chi connectivity index (χ3v) is 8.77. The first kappa shape index (κ1) is 26.1. The van der Waals surface area contributed by atoms with Gasteiger partial charge in [-0.3, -0.25) is 0 Å². The van der Waals surface area contributed by atoms with Crippen molar-refractivity contribution in [2.75, 3.05) is 4.90 Å². The van der Waals surface area contributed by atoms with Gasteiger partial charge in [-0.05, 0) is 86.7 Å². The summed E-state index contributed by atoms with van der Waals surface area (Å²) in [4.78, 5) is 7.31. The molecule has 0 atom stereocenters. The Hall–Kier alpha value is -5.58. The molecule has 0 aliphatic carbocycles. The molecule has 0 unspecified atom stereocenters. The van der Waals surface area contributed by atoms with Crippen LogP contribution in [0.25, 0.3) is 54.6 Å².